The molecule has 0 spiro atoms. The molecule has 0 atom stereocenters. The molecular weight excluding hydrogens is 565 g/mol. The van der Waals surface area contributed by atoms with Gasteiger partial charge in [-0.3, -0.25) is 5.41 Å². The molecule has 198 valence electrons. The average Bonchev–Trinajstić information content (AvgIpc) is 3.73. The molecule has 38 heavy (non-hydrogen) atoms. The number of aliphatic hydroxyl groups excluding tert-OH is 1. The van der Waals surface area contributed by atoms with Gasteiger partial charge in [-0.25, -0.2) is 0 Å². The third kappa shape index (κ3) is 5.57. The quantitative estimate of drug-likeness (QED) is 0.114. The molecule has 0 aliphatic heterocycles. The van der Waals surface area contributed by atoms with Crippen LogP contribution < -0.4 is 4.74 Å². The molecule has 0 aromatic heterocycles. The predicted molar refractivity (Wildman–Crippen MR) is 153 cm³/mol. The molecule has 2 aliphatic carbocycles. The summed E-state index contributed by atoms with van der Waals surface area (Å²) >= 11 is 20.0. The lowest BCUT2D eigenvalue weighted by atomic mass is 9.65. The maximum absolute atomic E-state index is 11.2. The van der Waals surface area contributed by atoms with Gasteiger partial charge in [0, 0.05) is 34.0 Å². The number of ether oxygens (including phenoxy) is 1. The second kappa shape index (κ2) is 11.1. The van der Waals surface area contributed by atoms with Crippen LogP contribution >= 0.6 is 46.8 Å². The zero-order chi connectivity index (χ0) is 27.0. The number of hydrogen-bond donors (Lipinski definition) is 4. The van der Waals surface area contributed by atoms with Crippen molar-refractivity contribution in [3.63, 3.8) is 0 Å². The van der Waals surface area contributed by atoms with Gasteiger partial charge in [0.05, 0.1) is 32.0 Å². The van der Waals surface area contributed by atoms with Crippen molar-refractivity contribution < 1.29 is 19.5 Å². The van der Waals surface area contributed by atoms with E-state index in [-0.39, 0.29) is 29.9 Å². The van der Waals surface area contributed by atoms with Crippen molar-refractivity contribution >= 4 is 52.6 Å². The Hall–Kier alpha value is -2.19. The van der Waals surface area contributed by atoms with Crippen LogP contribution in [0.15, 0.2) is 76.9 Å². The van der Waals surface area contributed by atoms with Crippen LogP contribution in [0, 0.1) is 11.3 Å². The third-order valence-electron chi connectivity index (χ3n) is 7.24. The van der Waals surface area contributed by atoms with E-state index >= 15 is 0 Å². The second-order valence-corrected chi connectivity index (χ2v) is 11.7. The van der Waals surface area contributed by atoms with Gasteiger partial charge in [0.25, 0.3) is 0 Å². The molecule has 0 unspecified atom stereocenters. The molecule has 9 heteroatoms. The fourth-order valence-electron chi connectivity index (χ4n) is 4.90. The van der Waals surface area contributed by atoms with Crippen molar-refractivity contribution in [1.82, 2.24) is 0 Å². The van der Waals surface area contributed by atoms with E-state index < -0.39 is 5.60 Å². The minimum atomic E-state index is -1.04. The third-order valence-corrected chi connectivity index (χ3v) is 8.66. The van der Waals surface area contributed by atoms with Gasteiger partial charge in [-0.2, -0.15) is 0 Å². The highest BCUT2D eigenvalue weighted by atomic mass is 35.5. The molecule has 0 radical (unpaired) electrons. The first-order valence-electron chi connectivity index (χ1n) is 12.2. The average molecular weight is 591 g/mol. The van der Waals surface area contributed by atoms with E-state index in [1.54, 1.807) is 36.4 Å². The predicted octanol–water partition coefficient (Wildman–Crippen LogP) is 8.65. The highest BCUT2D eigenvalue weighted by Gasteiger charge is 2.45. The summed E-state index contributed by atoms with van der Waals surface area (Å²) in [5, 5.41) is 31.9. The number of aliphatic hydroxyl groups is 2. The molecule has 0 saturated heterocycles. The summed E-state index contributed by atoms with van der Waals surface area (Å²) in [7, 11) is 0. The normalized spacial score (nSPS) is 21.4. The molecule has 0 heterocycles. The topological polar surface area (TPSA) is 93.8 Å². The van der Waals surface area contributed by atoms with E-state index in [9.17, 15) is 10.2 Å². The number of rotatable bonds is 9. The van der Waals surface area contributed by atoms with Crippen LogP contribution in [0.1, 0.15) is 48.3 Å². The molecular formula is C29H26Cl3NO4S. The smallest absolute Gasteiger partial charge is 0.121 e. The Labute approximate surface area is 240 Å². The maximum Gasteiger partial charge on any atom is 0.121 e. The van der Waals surface area contributed by atoms with E-state index in [0.717, 1.165) is 23.3 Å². The lowest BCUT2D eigenvalue weighted by Crippen LogP contribution is -2.40. The number of halogens is 3. The van der Waals surface area contributed by atoms with E-state index in [2.05, 4.69) is 0 Å². The first kappa shape index (κ1) is 27.4. The van der Waals surface area contributed by atoms with E-state index in [4.69, 9.17) is 49.5 Å². The monoisotopic (exact) mass is 589 g/mol. The molecule has 5 rings (SSSR count). The van der Waals surface area contributed by atoms with Gasteiger partial charge in [0.1, 0.15) is 18.1 Å². The van der Waals surface area contributed by atoms with Crippen molar-refractivity contribution in [3.8, 4) is 5.75 Å². The van der Waals surface area contributed by atoms with E-state index in [0.29, 0.717) is 62.4 Å². The fourth-order valence-corrected chi connectivity index (χ4v) is 6.09. The maximum atomic E-state index is 11.2. The molecule has 2 fully saturated rings. The Bertz CT molecular complexity index is 1380. The van der Waals surface area contributed by atoms with Crippen molar-refractivity contribution in [1.29, 1.82) is 5.41 Å². The van der Waals surface area contributed by atoms with E-state index in [1.165, 1.54) is 0 Å². The van der Waals surface area contributed by atoms with Crippen LogP contribution in [0.2, 0.25) is 15.1 Å². The number of nitrogens with one attached hydrogen (secondary N) is 1. The molecule has 2 saturated carbocycles. The summed E-state index contributed by atoms with van der Waals surface area (Å²) in [6, 6.07) is 17.8. The lowest BCUT2D eigenvalue weighted by Gasteiger charge is -2.44. The van der Waals surface area contributed by atoms with Crippen LogP contribution in [-0.2, 0) is 5.60 Å². The first-order chi connectivity index (χ1) is 18.2. The Balaban J connectivity index is 1.30. The Kier molecular flexibility index (Phi) is 8.01. The largest absolute Gasteiger partial charge is 0.512 e. The lowest BCUT2D eigenvalue weighted by molar-refractivity contribution is -0.0549. The fraction of sp³-hybridized carbons (Fsp3) is 0.276. The summed E-state index contributed by atoms with van der Waals surface area (Å²) in [5.41, 5.74) is 1.41. The summed E-state index contributed by atoms with van der Waals surface area (Å²) in [4.78, 5) is 0.774. The summed E-state index contributed by atoms with van der Waals surface area (Å²) in [5.74, 6) is 0.773. The van der Waals surface area contributed by atoms with Crippen LogP contribution in [-0.4, -0.2) is 27.1 Å². The molecule has 3 aromatic carbocycles. The summed E-state index contributed by atoms with van der Waals surface area (Å²) in [6.07, 6.45) is 2.78. The Morgan fingerprint density at radius 2 is 1.63 bits per heavy atom. The molecule has 5 nitrogen and oxygen atoms in total. The van der Waals surface area contributed by atoms with Gasteiger partial charge in [0.15, 0.2) is 0 Å². The van der Waals surface area contributed by atoms with Crippen molar-refractivity contribution in [2.45, 2.75) is 42.1 Å². The van der Waals surface area contributed by atoms with E-state index in [1.807, 2.05) is 24.3 Å². The van der Waals surface area contributed by atoms with Gasteiger partial charge in [-0.1, -0.05) is 59.1 Å². The van der Waals surface area contributed by atoms with Crippen LogP contribution in [0.3, 0.4) is 0 Å². The molecule has 3 aromatic rings. The standard InChI is InChI=1S/C29H26Cl3NO4S/c30-23-2-1-3-24(31)26(23)27(33)21(28(34)17-4-5-17)15-37-19-8-11-22(25(32)12-19)29(35)13-18(14-29)16-6-9-20(38-36)10-7-16/h1-3,6-12,17-18,33-36H,4-5,13-15H2/b28-21-,33-27?. The SMILES string of the molecule is N=C(/C(COc1ccc(C2(O)CC(c3ccc(SO)cc3)C2)c(Cl)c1)=C(\O)C1CC1)c1c(Cl)cccc1Cl. The van der Waals surface area contributed by atoms with Gasteiger partial charge < -0.3 is 19.5 Å². The van der Waals surface area contributed by atoms with Gasteiger partial charge in [-0.05, 0) is 73.6 Å². The zero-order valence-corrected chi connectivity index (χ0v) is 23.3. The molecule has 2 aliphatic rings. The molecule has 4 N–H and O–H groups in total. The van der Waals surface area contributed by atoms with Gasteiger partial charge in [-0.15, -0.1) is 0 Å². The van der Waals surface area contributed by atoms with Crippen molar-refractivity contribution in [3.05, 3.63) is 104 Å². The molecule has 0 amide bonds. The summed E-state index contributed by atoms with van der Waals surface area (Å²) < 4.78 is 15.1. The van der Waals surface area contributed by atoms with Gasteiger partial charge in [0.2, 0.25) is 0 Å². The van der Waals surface area contributed by atoms with Gasteiger partial charge >= 0.3 is 0 Å². The second-order valence-electron chi connectivity index (χ2n) is 9.84. The number of benzene rings is 3. The highest BCUT2D eigenvalue weighted by Crippen LogP contribution is 2.52. The minimum absolute atomic E-state index is 0.000540. The van der Waals surface area contributed by atoms with Crippen LogP contribution in [0.4, 0.5) is 0 Å². The zero-order valence-electron chi connectivity index (χ0n) is 20.3. The number of allylic oxidation sites excluding steroid dienone is 1. The Morgan fingerprint density at radius 1 is 0.974 bits per heavy atom. The highest BCUT2D eigenvalue weighted by molar-refractivity contribution is 7.93. The van der Waals surface area contributed by atoms with Crippen LogP contribution in [0.5, 0.6) is 5.75 Å². The minimum Gasteiger partial charge on any atom is -0.512 e. The Morgan fingerprint density at radius 3 is 2.21 bits per heavy atom. The first-order valence-corrected chi connectivity index (χ1v) is 14.1. The van der Waals surface area contributed by atoms with Crippen molar-refractivity contribution in [2.24, 2.45) is 5.92 Å². The van der Waals surface area contributed by atoms with Crippen molar-refractivity contribution in [2.75, 3.05) is 6.61 Å². The number of hydrogen-bond acceptors (Lipinski definition) is 6. The van der Waals surface area contributed by atoms with Crippen LogP contribution in [0.25, 0.3) is 0 Å². The summed E-state index contributed by atoms with van der Waals surface area (Å²) in [6.45, 7) is -0.0626. The molecule has 0 bridgehead atoms.